The monoisotopic (exact) mass is 346 g/mol. The first-order valence-electron chi connectivity index (χ1n) is 8.68. The molecule has 1 fully saturated rings. The highest BCUT2D eigenvalue weighted by Crippen LogP contribution is 2.42. The van der Waals surface area contributed by atoms with Crippen LogP contribution in [0.4, 0.5) is 0 Å². The number of nitrogens with zero attached hydrogens (tertiary/aromatic N) is 2. The molecule has 5 rings (SSSR count). The molecule has 1 aliphatic heterocycles. The van der Waals surface area contributed by atoms with Crippen molar-refractivity contribution < 1.29 is 4.79 Å². The average Bonchev–Trinajstić information content (AvgIpc) is 3.25. The third-order valence-corrected chi connectivity index (χ3v) is 6.58. The van der Waals surface area contributed by atoms with Gasteiger partial charge in [0.1, 0.15) is 0 Å². The fraction of sp³-hybridized carbons (Fsp3) is 0.238. The molecule has 3 nitrogen and oxygen atoms in total. The number of carbonyl (C=O) groups is 1. The molecule has 25 heavy (non-hydrogen) atoms. The standard InChI is InChI=1S/C21H18N2OS/c24-20(18-14-16-4-1-2-6-17(16)25-18)23-12-9-21(10-13-23)8-7-15-5-3-11-22-19(15)21/h1-8,11,14H,9-10,12-13H2. The summed E-state index contributed by atoms with van der Waals surface area (Å²) >= 11 is 1.59. The Morgan fingerprint density at radius 2 is 1.96 bits per heavy atom. The topological polar surface area (TPSA) is 33.2 Å². The van der Waals surface area contributed by atoms with Gasteiger partial charge in [0.15, 0.2) is 0 Å². The maximum Gasteiger partial charge on any atom is 0.263 e. The third kappa shape index (κ3) is 2.32. The summed E-state index contributed by atoms with van der Waals surface area (Å²) in [6.45, 7) is 1.57. The van der Waals surface area contributed by atoms with Gasteiger partial charge in [-0.25, -0.2) is 0 Å². The molecule has 1 spiro atoms. The molecule has 0 unspecified atom stereocenters. The van der Waals surface area contributed by atoms with Crippen molar-refractivity contribution in [1.29, 1.82) is 0 Å². The number of hydrogen-bond acceptors (Lipinski definition) is 3. The van der Waals surface area contributed by atoms with Crippen molar-refractivity contribution in [2.45, 2.75) is 18.3 Å². The van der Waals surface area contributed by atoms with Gasteiger partial charge in [0.2, 0.25) is 0 Å². The van der Waals surface area contributed by atoms with Crippen LogP contribution in [0.15, 0.2) is 54.7 Å². The van der Waals surface area contributed by atoms with Crippen LogP contribution in [-0.4, -0.2) is 28.9 Å². The molecular weight excluding hydrogens is 328 g/mol. The molecule has 1 saturated heterocycles. The van der Waals surface area contributed by atoms with Gasteiger partial charge < -0.3 is 4.90 Å². The van der Waals surface area contributed by atoms with Gasteiger partial charge in [-0.3, -0.25) is 9.78 Å². The number of fused-ring (bicyclic) bond motifs is 3. The van der Waals surface area contributed by atoms with Crippen LogP contribution in [0, 0.1) is 0 Å². The second kappa shape index (κ2) is 5.53. The van der Waals surface area contributed by atoms with Crippen molar-refractivity contribution in [1.82, 2.24) is 9.88 Å². The Morgan fingerprint density at radius 1 is 1.12 bits per heavy atom. The van der Waals surface area contributed by atoms with Gasteiger partial charge in [0.05, 0.1) is 10.6 Å². The highest BCUT2D eigenvalue weighted by molar-refractivity contribution is 7.20. The number of aromatic nitrogens is 1. The summed E-state index contributed by atoms with van der Waals surface area (Å²) in [4.78, 5) is 20.4. The van der Waals surface area contributed by atoms with Crippen LogP contribution in [0.3, 0.4) is 0 Å². The number of amides is 1. The van der Waals surface area contributed by atoms with Gasteiger partial charge in [0, 0.05) is 29.4 Å². The lowest BCUT2D eigenvalue weighted by Gasteiger charge is -2.38. The summed E-state index contributed by atoms with van der Waals surface area (Å²) in [5, 5.41) is 1.15. The van der Waals surface area contributed by atoms with E-state index in [4.69, 9.17) is 0 Å². The maximum atomic E-state index is 12.9. The Morgan fingerprint density at radius 3 is 2.80 bits per heavy atom. The molecule has 1 amide bonds. The van der Waals surface area contributed by atoms with E-state index in [9.17, 15) is 4.79 Å². The summed E-state index contributed by atoms with van der Waals surface area (Å²) in [7, 11) is 0. The van der Waals surface area contributed by atoms with Gasteiger partial charge in [-0.15, -0.1) is 11.3 Å². The fourth-order valence-corrected chi connectivity index (χ4v) is 5.08. The van der Waals surface area contributed by atoms with E-state index in [2.05, 4.69) is 35.3 Å². The lowest BCUT2D eigenvalue weighted by molar-refractivity contribution is 0.0693. The lowest BCUT2D eigenvalue weighted by Crippen LogP contribution is -2.44. The van der Waals surface area contributed by atoms with E-state index in [0.717, 1.165) is 36.2 Å². The first-order valence-corrected chi connectivity index (χ1v) is 9.49. The summed E-state index contributed by atoms with van der Waals surface area (Å²) in [6.07, 6.45) is 8.26. The summed E-state index contributed by atoms with van der Waals surface area (Å²) < 4.78 is 1.18. The number of thiophene rings is 1. The Bertz CT molecular complexity index is 963. The van der Waals surface area contributed by atoms with Gasteiger partial charge in [-0.05, 0) is 42.0 Å². The van der Waals surface area contributed by atoms with Gasteiger partial charge in [-0.2, -0.15) is 0 Å². The molecule has 124 valence electrons. The zero-order chi connectivity index (χ0) is 16.9. The number of carbonyl (C=O) groups excluding carboxylic acids is 1. The van der Waals surface area contributed by atoms with Crippen LogP contribution in [0.2, 0.25) is 0 Å². The number of hydrogen-bond donors (Lipinski definition) is 0. The Labute approximate surface area is 150 Å². The number of allylic oxidation sites excluding steroid dienone is 1. The molecular formula is C21H18N2OS. The molecule has 0 radical (unpaired) electrons. The number of benzene rings is 1. The highest BCUT2D eigenvalue weighted by atomic mass is 32.1. The first kappa shape index (κ1) is 14.8. The first-order chi connectivity index (χ1) is 12.3. The Hall–Kier alpha value is -2.46. The lowest BCUT2D eigenvalue weighted by atomic mass is 9.77. The van der Waals surface area contributed by atoms with Crippen molar-refractivity contribution in [2.75, 3.05) is 13.1 Å². The molecule has 0 saturated carbocycles. The van der Waals surface area contributed by atoms with E-state index >= 15 is 0 Å². The van der Waals surface area contributed by atoms with E-state index in [0.29, 0.717) is 0 Å². The van der Waals surface area contributed by atoms with Crippen molar-refractivity contribution >= 4 is 33.4 Å². The quantitative estimate of drug-likeness (QED) is 0.650. The molecule has 0 bridgehead atoms. The average molecular weight is 346 g/mol. The summed E-state index contributed by atoms with van der Waals surface area (Å²) in [6, 6.07) is 14.3. The zero-order valence-electron chi connectivity index (χ0n) is 13.8. The van der Waals surface area contributed by atoms with E-state index < -0.39 is 0 Å². The second-order valence-electron chi connectivity index (χ2n) is 6.87. The number of likely N-dealkylation sites (tertiary alicyclic amines) is 1. The number of pyridine rings is 1. The SMILES string of the molecule is O=C(c1cc2ccccc2s1)N1CCC2(C=Cc3cccnc32)CC1. The minimum atomic E-state index is 0.0214. The largest absolute Gasteiger partial charge is 0.338 e. The van der Waals surface area contributed by atoms with Crippen LogP contribution in [-0.2, 0) is 5.41 Å². The van der Waals surface area contributed by atoms with Gasteiger partial charge in [-0.1, -0.05) is 36.4 Å². The number of rotatable bonds is 1. The zero-order valence-corrected chi connectivity index (χ0v) is 14.6. The maximum absolute atomic E-state index is 12.9. The smallest absolute Gasteiger partial charge is 0.263 e. The summed E-state index contributed by atoms with van der Waals surface area (Å²) in [5.74, 6) is 0.166. The Balaban J connectivity index is 1.37. The van der Waals surface area contributed by atoms with Crippen LogP contribution < -0.4 is 0 Å². The van der Waals surface area contributed by atoms with E-state index in [1.165, 1.54) is 16.0 Å². The molecule has 1 aromatic carbocycles. The van der Waals surface area contributed by atoms with Crippen molar-refractivity contribution in [3.8, 4) is 0 Å². The van der Waals surface area contributed by atoms with Crippen molar-refractivity contribution in [3.05, 3.63) is 70.9 Å². The molecule has 2 aliphatic rings. The molecule has 3 heterocycles. The minimum absolute atomic E-state index is 0.0214. The predicted molar refractivity (Wildman–Crippen MR) is 102 cm³/mol. The predicted octanol–water partition coefficient (Wildman–Crippen LogP) is 4.50. The van der Waals surface area contributed by atoms with Gasteiger partial charge >= 0.3 is 0 Å². The second-order valence-corrected chi connectivity index (χ2v) is 7.96. The van der Waals surface area contributed by atoms with E-state index in [-0.39, 0.29) is 11.3 Å². The summed E-state index contributed by atoms with van der Waals surface area (Å²) in [5.41, 5.74) is 2.43. The highest BCUT2D eigenvalue weighted by Gasteiger charge is 2.40. The molecule has 0 atom stereocenters. The normalized spacial score (nSPS) is 18.0. The van der Waals surface area contributed by atoms with Crippen molar-refractivity contribution in [2.24, 2.45) is 0 Å². The van der Waals surface area contributed by atoms with E-state index in [1.54, 1.807) is 11.3 Å². The molecule has 0 N–H and O–H groups in total. The van der Waals surface area contributed by atoms with Crippen LogP contribution in [0.1, 0.15) is 33.8 Å². The van der Waals surface area contributed by atoms with Crippen molar-refractivity contribution in [3.63, 3.8) is 0 Å². The van der Waals surface area contributed by atoms with E-state index in [1.807, 2.05) is 35.4 Å². The van der Waals surface area contributed by atoms with Crippen LogP contribution in [0.25, 0.3) is 16.2 Å². The Kier molecular flexibility index (Phi) is 3.28. The molecule has 2 aromatic heterocycles. The minimum Gasteiger partial charge on any atom is -0.338 e. The fourth-order valence-electron chi connectivity index (χ4n) is 4.05. The third-order valence-electron chi connectivity index (χ3n) is 5.47. The molecule has 3 aromatic rings. The molecule has 1 aliphatic carbocycles. The van der Waals surface area contributed by atoms with Crippen LogP contribution >= 0.6 is 11.3 Å². The number of piperidine rings is 1. The van der Waals surface area contributed by atoms with Crippen LogP contribution in [0.5, 0.6) is 0 Å². The molecule has 4 heteroatoms. The van der Waals surface area contributed by atoms with Gasteiger partial charge in [0.25, 0.3) is 5.91 Å².